The van der Waals surface area contributed by atoms with Crippen molar-refractivity contribution < 1.29 is 5.11 Å². The van der Waals surface area contributed by atoms with E-state index in [1.54, 1.807) is 11.3 Å². The molecule has 1 atom stereocenters. The zero-order valence-electron chi connectivity index (χ0n) is 12.6. The standard InChI is InChI=1S/C17H22N2OS/c1-12-16(11-19(2)10-15(20)13-8-9-13)21-17(18-12)14-6-4-3-5-7-14/h3-7,13,15,20H,8-11H2,1-2H3. The molecule has 112 valence electrons. The third-order valence-corrected chi connectivity index (χ3v) is 5.18. The van der Waals surface area contributed by atoms with Gasteiger partial charge in [-0.1, -0.05) is 30.3 Å². The lowest BCUT2D eigenvalue weighted by atomic mass is 10.2. The van der Waals surface area contributed by atoms with Crippen LogP contribution >= 0.6 is 11.3 Å². The van der Waals surface area contributed by atoms with Crippen LogP contribution in [0, 0.1) is 12.8 Å². The van der Waals surface area contributed by atoms with Gasteiger partial charge in [-0.15, -0.1) is 11.3 Å². The molecule has 21 heavy (non-hydrogen) atoms. The molecule has 1 N–H and O–H groups in total. The number of thiazole rings is 1. The maximum Gasteiger partial charge on any atom is 0.123 e. The number of likely N-dealkylation sites (N-methyl/N-ethyl adjacent to an activating group) is 1. The van der Waals surface area contributed by atoms with Gasteiger partial charge in [0.2, 0.25) is 0 Å². The molecule has 0 saturated heterocycles. The van der Waals surface area contributed by atoms with E-state index < -0.39 is 0 Å². The van der Waals surface area contributed by atoms with Crippen molar-refractivity contribution in [2.75, 3.05) is 13.6 Å². The molecule has 1 unspecified atom stereocenters. The van der Waals surface area contributed by atoms with Gasteiger partial charge < -0.3 is 5.11 Å². The van der Waals surface area contributed by atoms with Crippen LogP contribution in [0.2, 0.25) is 0 Å². The van der Waals surface area contributed by atoms with Crippen LogP contribution in [0.3, 0.4) is 0 Å². The van der Waals surface area contributed by atoms with E-state index in [-0.39, 0.29) is 6.10 Å². The van der Waals surface area contributed by atoms with E-state index >= 15 is 0 Å². The predicted molar refractivity (Wildman–Crippen MR) is 87.4 cm³/mol. The lowest BCUT2D eigenvalue weighted by molar-refractivity contribution is 0.104. The van der Waals surface area contributed by atoms with Crippen molar-refractivity contribution in [3.05, 3.63) is 40.9 Å². The first-order chi connectivity index (χ1) is 10.1. The number of nitrogens with zero attached hydrogens (tertiary/aromatic N) is 2. The average Bonchev–Trinajstić information content (AvgIpc) is 3.26. The van der Waals surface area contributed by atoms with Gasteiger partial charge in [-0.2, -0.15) is 0 Å². The number of hydrogen-bond donors (Lipinski definition) is 1. The van der Waals surface area contributed by atoms with Crippen molar-refractivity contribution in [3.8, 4) is 10.6 Å². The third kappa shape index (κ3) is 3.70. The van der Waals surface area contributed by atoms with Crippen molar-refractivity contribution in [1.82, 2.24) is 9.88 Å². The van der Waals surface area contributed by atoms with Crippen molar-refractivity contribution in [3.63, 3.8) is 0 Å². The Balaban J connectivity index is 1.66. The highest BCUT2D eigenvalue weighted by molar-refractivity contribution is 7.15. The second kappa shape index (κ2) is 6.26. The summed E-state index contributed by atoms with van der Waals surface area (Å²) >= 11 is 1.76. The highest BCUT2D eigenvalue weighted by Crippen LogP contribution is 2.33. The van der Waals surface area contributed by atoms with Crippen LogP contribution in [0.4, 0.5) is 0 Å². The number of aliphatic hydroxyl groups is 1. The van der Waals surface area contributed by atoms with Crippen LogP contribution in [-0.4, -0.2) is 34.7 Å². The fourth-order valence-electron chi connectivity index (χ4n) is 2.54. The molecule has 1 heterocycles. The van der Waals surface area contributed by atoms with Crippen LogP contribution in [0.5, 0.6) is 0 Å². The van der Waals surface area contributed by atoms with Gasteiger partial charge in [0.15, 0.2) is 0 Å². The predicted octanol–water partition coefficient (Wildman–Crippen LogP) is 3.32. The normalized spacial score (nSPS) is 16.4. The Hall–Kier alpha value is -1.23. The van der Waals surface area contributed by atoms with E-state index in [1.807, 2.05) is 18.2 Å². The number of benzene rings is 1. The summed E-state index contributed by atoms with van der Waals surface area (Å²) in [5, 5.41) is 11.1. The number of aliphatic hydroxyl groups excluding tert-OH is 1. The van der Waals surface area contributed by atoms with Crippen LogP contribution in [-0.2, 0) is 6.54 Å². The zero-order chi connectivity index (χ0) is 14.8. The first kappa shape index (κ1) is 14.7. The van der Waals surface area contributed by atoms with Crippen molar-refractivity contribution in [1.29, 1.82) is 0 Å². The molecular weight excluding hydrogens is 280 g/mol. The van der Waals surface area contributed by atoms with E-state index in [0.717, 1.165) is 23.8 Å². The third-order valence-electron chi connectivity index (χ3n) is 3.99. The lowest BCUT2D eigenvalue weighted by Gasteiger charge is -2.19. The molecule has 1 aromatic carbocycles. The van der Waals surface area contributed by atoms with Crippen molar-refractivity contribution >= 4 is 11.3 Å². The van der Waals surface area contributed by atoms with Gasteiger partial charge in [-0.25, -0.2) is 4.98 Å². The van der Waals surface area contributed by atoms with Gasteiger partial charge in [0.05, 0.1) is 11.8 Å². The minimum absolute atomic E-state index is 0.170. The molecular formula is C17H22N2OS. The molecule has 3 nitrogen and oxygen atoms in total. The second-order valence-electron chi connectivity index (χ2n) is 6.00. The molecule has 0 spiro atoms. The van der Waals surface area contributed by atoms with Crippen LogP contribution < -0.4 is 0 Å². The first-order valence-corrected chi connectivity index (χ1v) is 8.33. The maximum atomic E-state index is 10.0. The molecule has 0 amide bonds. The van der Waals surface area contributed by atoms with Gasteiger partial charge >= 0.3 is 0 Å². The summed E-state index contributed by atoms with van der Waals surface area (Å²) in [6, 6.07) is 10.3. The molecule has 4 heteroatoms. The Labute approximate surface area is 130 Å². The topological polar surface area (TPSA) is 36.4 Å². The number of hydrogen-bond acceptors (Lipinski definition) is 4. The molecule has 0 radical (unpaired) electrons. The van der Waals surface area contributed by atoms with Crippen LogP contribution in [0.25, 0.3) is 10.6 Å². The number of rotatable bonds is 6. The minimum atomic E-state index is -0.170. The molecule has 1 aromatic heterocycles. The summed E-state index contributed by atoms with van der Waals surface area (Å²) in [7, 11) is 2.08. The highest BCUT2D eigenvalue weighted by atomic mass is 32.1. The largest absolute Gasteiger partial charge is 0.392 e. The van der Waals surface area contributed by atoms with Crippen LogP contribution in [0.1, 0.15) is 23.4 Å². The van der Waals surface area contributed by atoms with Gasteiger partial charge in [0, 0.05) is 23.5 Å². The minimum Gasteiger partial charge on any atom is -0.392 e. The monoisotopic (exact) mass is 302 g/mol. The molecule has 1 aliphatic carbocycles. The molecule has 0 bridgehead atoms. The molecule has 3 rings (SSSR count). The quantitative estimate of drug-likeness (QED) is 0.889. The summed E-state index contributed by atoms with van der Waals surface area (Å²) in [6.45, 7) is 3.69. The number of aryl methyl sites for hydroxylation is 1. The van der Waals surface area contributed by atoms with E-state index in [0.29, 0.717) is 5.92 Å². The molecule has 2 aromatic rings. The highest BCUT2D eigenvalue weighted by Gasteiger charge is 2.30. The Morgan fingerprint density at radius 1 is 1.33 bits per heavy atom. The van der Waals surface area contributed by atoms with E-state index in [9.17, 15) is 5.11 Å². The second-order valence-corrected chi connectivity index (χ2v) is 7.08. The van der Waals surface area contributed by atoms with Gasteiger partial charge in [0.25, 0.3) is 0 Å². The number of aromatic nitrogens is 1. The Bertz CT molecular complexity index is 592. The first-order valence-electron chi connectivity index (χ1n) is 7.52. The Morgan fingerprint density at radius 2 is 2.05 bits per heavy atom. The summed E-state index contributed by atoms with van der Waals surface area (Å²) in [5.74, 6) is 0.537. The summed E-state index contributed by atoms with van der Waals surface area (Å²) in [5.41, 5.74) is 2.28. The van der Waals surface area contributed by atoms with E-state index in [4.69, 9.17) is 0 Å². The summed E-state index contributed by atoms with van der Waals surface area (Å²) in [6.07, 6.45) is 2.20. The molecule has 1 fully saturated rings. The van der Waals surface area contributed by atoms with Crippen molar-refractivity contribution in [2.24, 2.45) is 5.92 Å². The van der Waals surface area contributed by atoms with Gasteiger partial charge in [-0.3, -0.25) is 4.90 Å². The summed E-state index contributed by atoms with van der Waals surface area (Å²) in [4.78, 5) is 8.19. The fraction of sp³-hybridized carbons (Fsp3) is 0.471. The maximum absolute atomic E-state index is 10.0. The average molecular weight is 302 g/mol. The zero-order valence-corrected chi connectivity index (χ0v) is 13.4. The van der Waals surface area contributed by atoms with E-state index in [1.165, 1.54) is 23.3 Å². The SMILES string of the molecule is Cc1nc(-c2ccccc2)sc1CN(C)CC(O)C1CC1. The van der Waals surface area contributed by atoms with Gasteiger partial charge in [0.1, 0.15) is 5.01 Å². The molecule has 0 aliphatic heterocycles. The van der Waals surface area contributed by atoms with Crippen molar-refractivity contribution in [2.45, 2.75) is 32.4 Å². The van der Waals surface area contributed by atoms with Gasteiger partial charge in [-0.05, 0) is 32.7 Å². The fourth-order valence-corrected chi connectivity index (χ4v) is 3.69. The smallest absolute Gasteiger partial charge is 0.123 e. The Kier molecular flexibility index (Phi) is 4.38. The molecule has 1 saturated carbocycles. The Morgan fingerprint density at radius 3 is 2.71 bits per heavy atom. The summed E-state index contributed by atoms with van der Waals surface area (Å²) < 4.78 is 0. The van der Waals surface area contributed by atoms with Crippen LogP contribution in [0.15, 0.2) is 30.3 Å². The van der Waals surface area contributed by atoms with E-state index in [2.05, 4.69) is 36.0 Å². The lowest BCUT2D eigenvalue weighted by Crippen LogP contribution is -2.29. The molecule has 1 aliphatic rings.